The fourth-order valence-corrected chi connectivity index (χ4v) is 10.8. The van der Waals surface area contributed by atoms with E-state index in [9.17, 15) is 4.79 Å². The van der Waals surface area contributed by atoms with Gasteiger partial charge in [-0.15, -0.1) is 0 Å². The number of methoxy groups -OCH3 is 1. The smallest absolute Gasteiger partial charge is 0.305 e. The van der Waals surface area contributed by atoms with Crippen LogP contribution in [0.25, 0.3) is 0 Å². The lowest BCUT2D eigenvalue weighted by molar-refractivity contribution is -0.141. The predicted octanol–water partition coefficient (Wildman–Crippen LogP) is 8.68. The minimum absolute atomic E-state index is 0.0657. The number of allylic oxidation sites excluding steroid dienone is 4. The van der Waals surface area contributed by atoms with Crippen LogP contribution in [0.2, 0.25) is 39.3 Å². The summed E-state index contributed by atoms with van der Waals surface area (Å²) in [4.78, 5) is 11.9. The number of carbonyl (C=O) groups excluding carboxylic acids is 1. The Morgan fingerprint density at radius 2 is 1.68 bits per heavy atom. The van der Waals surface area contributed by atoms with Gasteiger partial charge in [-0.3, -0.25) is 4.79 Å². The van der Waals surface area contributed by atoms with Gasteiger partial charge in [0, 0.05) is 19.3 Å². The van der Waals surface area contributed by atoms with Crippen molar-refractivity contribution in [2.24, 2.45) is 40.4 Å². The van der Waals surface area contributed by atoms with Crippen LogP contribution < -0.4 is 0 Å². The van der Waals surface area contributed by atoms with Crippen molar-refractivity contribution in [3.8, 4) is 0 Å². The van der Waals surface area contributed by atoms with Gasteiger partial charge in [-0.1, -0.05) is 20.8 Å². The summed E-state index contributed by atoms with van der Waals surface area (Å²) in [5, 5.41) is 0. The molecule has 0 radical (unpaired) electrons. The molecule has 210 valence electrons. The maximum atomic E-state index is 11.9. The van der Waals surface area contributed by atoms with Crippen LogP contribution in [-0.4, -0.2) is 29.7 Å². The molecule has 2 fully saturated rings. The van der Waals surface area contributed by atoms with Crippen molar-refractivity contribution >= 4 is 22.6 Å². The van der Waals surface area contributed by atoms with E-state index in [0.29, 0.717) is 29.6 Å². The van der Waals surface area contributed by atoms with Crippen molar-refractivity contribution in [2.45, 2.75) is 118 Å². The molecular formula is C31H54O4Si2. The fourth-order valence-electron chi connectivity index (χ4n) is 8.95. The topological polar surface area (TPSA) is 44.8 Å². The van der Waals surface area contributed by atoms with Crippen molar-refractivity contribution in [3.63, 3.8) is 0 Å². The van der Waals surface area contributed by atoms with E-state index in [0.717, 1.165) is 31.1 Å². The molecule has 0 aromatic heterocycles. The standard InChI is InChI=1S/C31H54O4Si2/c1-21(11-14-29(32)33-4)24-12-13-25-23-20-28(35-37(8,9)10)27-19-22(34-36(5,6)7)15-17-31(27,3)26(23)16-18-30(24,25)2/h19,21,23-26H,11-18,20H2,1-10H3/t21-,23+,24-,25+,26+,30-,31-/m1/s1. The molecule has 0 N–H and O–H groups in total. The Morgan fingerprint density at radius 3 is 2.30 bits per heavy atom. The summed E-state index contributed by atoms with van der Waals surface area (Å²) < 4.78 is 18.4. The maximum Gasteiger partial charge on any atom is 0.305 e. The van der Waals surface area contributed by atoms with E-state index in [1.165, 1.54) is 56.3 Å². The Kier molecular flexibility index (Phi) is 7.98. The molecular weight excluding hydrogens is 493 g/mol. The van der Waals surface area contributed by atoms with Gasteiger partial charge in [0.25, 0.3) is 0 Å². The van der Waals surface area contributed by atoms with Crippen LogP contribution in [0.5, 0.6) is 0 Å². The number of fused-ring (bicyclic) bond motifs is 5. The van der Waals surface area contributed by atoms with E-state index < -0.39 is 16.6 Å². The summed E-state index contributed by atoms with van der Waals surface area (Å²) in [5.74, 6) is 5.86. The molecule has 0 amide bonds. The first-order chi connectivity index (χ1) is 17.1. The number of hydrogen-bond donors (Lipinski definition) is 0. The van der Waals surface area contributed by atoms with Crippen LogP contribution in [-0.2, 0) is 18.4 Å². The summed E-state index contributed by atoms with van der Waals surface area (Å²) in [6.45, 7) is 21.4. The average molecular weight is 547 g/mol. The summed E-state index contributed by atoms with van der Waals surface area (Å²) in [7, 11) is -1.89. The molecule has 0 aliphatic heterocycles. The highest BCUT2D eigenvalue weighted by atomic mass is 28.4. The zero-order chi connectivity index (χ0) is 27.4. The lowest BCUT2D eigenvalue weighted by Crippen LogP contribution is -2.51. The molecule has 0 aromatic carbocycles. The first kappa shape index (κ1) is 29.0. The van der Waals surface area contributed by atoms with Crippen LogP contribution in [0.3, 0.4) is 0 Å². The molecule has 4 aliphatic carbocycles. The lowest BCUT2D eigenvalue weighted by atomic mass is 9.47. The Morgan fingerprint density at radius 1 is 1.00 bits per heavy atom. The second kappa shape index (κ2) is 10.2. The fraction of sp³-hybridized carbons (Fsp3) is 0.839. The summed E-state index contributed by atoms with van der Waals surface area (Å²) in [6, 6.07) is 0. The van der Waals surface area contributed by atoms with E-state index in [2.05, 4.69) is 66.1 Å². The highest BCUT2D eigenvalue weighted by Crippen LogP contribution is 2.68. The Balaban J connectivity index is 1.65. The Bertz CT molecular complexity index is 942. The molecule has 0 aromatic rings. The quantitative estimate of drug-likeness (QED) is 0.226. The van der Waals surface area contributed by atoms with E-state index in [4.69, 9.17) is 13.6 Å². The van der Waals surface area contributed by atoms with Gasteiger partial charge in [0.15, 0.2) is 0 Å². The third-order valence-electron chi connectivity index (χ3n) is 10.4. The summed E-state index contributed by atoms with van der Waals surface area (Å²) in [6.07, 6.45) is 12.5. The van der Waals surface area contributed by atoms with Crippen LogP contribution >= 0.6 is 0 Å². The van der Waals surface area contributed by atoms with Gasteiger partial charge in [-0.25, -0.2) is 0 Å². The normalized spacial score (nSPS) is 36.6. The SMILES string of the molecule is COC(=O)CC[C@@H](C)[C@H]1CC[C@H]2[C@@H]3CC(O[Si](C)(C)C)=C4C=C(O[Si](C)(C)C)CC[C@]4(C)[C@H]3CC[C@]12C. The van der Waals surface area contributed by atoms with E-state index in [-0.39, 0.29) is 11.4 Å². The first-order valence-corrected chi connectivity index (χ1v) is 21.8. The maximum absolute atomic E-state index is 11.9. The van der Waals surface area contributed by atoms with Gasteiger partial charge in [0.05, 0.1) is 18.6 Å². The predicted molar refractivity (Wildman–Crippen MR) is 157 cm³/mol. The van der Waals surface area contributed by atoms with Crippen molar-refractivity contribution in [1.29, 1.82) is 0 Å². The number of rotatable bonds is 8. The molecule has 0 saturated heterocycles. The lowest BCUT2D eigenvalue weighted by Gasteiger charge is -2.58. The number of esters is 1. The van der Waals surface area contributed by atoms with E-state index in [1.54, 1.807) is 0 Å². The van der Waals surface area contributed by atoms with Crippen molar-refractivity contribution in [2.75, 3.05) is 7.11 Å². The van der Waals surface area contributed by atoms with Gasteiger partial charge in [-0.05, 0) is 130 Å². The molecule has 4 rings (SSSR count). The average Bonchev–Trinajstić information content (AvgIpc) is 3.13. The summed E-state index contributed by atoms with van der Waals surface area (Å²) in [5.41, 5.74) is 2.02. The van der Waals surface area contributed by atoms with Gasteiger partial charge >= 0.3 is 5.97 Å². The first-order valence-electron chi connectivity index (χ1n) is 15.0. The van der Waals surface area contributed by atoms with Crippen LogP contribution in [0.15, 0.2) is 23.2 Å². The van der Waals surface area contributed by atoms with Crippen molar-refractivity contribution in [3.05, 3.63) is 23.2 Å². The molecule has 7 atom stereocenters. The highest BCUT2D eigenvalue weighted by Gasteiger charge is 2.60. The molecule has 2 saturated carbocycles. The molecule has 4 nitrogen and oxygen atoms in total. The zero-order valence-electron chi connectivity index (χ0n) is 25.5. The molecule has 0 unspecified atom stereocenters. The third kappa shape index (κ3) is 5.80. The van der Waals surface area contributed by atoms with Gasteiger partial charge in [-0.2, -0.15) is 0 Å². The van der Waals surface area contributed by atoms with Gasteiger partial charge in [0.1, 0.15) is 0 Å². The molecule has 0 spiro atoms. The molecule has 0 heterocycles. The second-order valence-corrected chi connectivity index (χ2v) is 24.1. The van der Waals surface area contributed by atoms with Crippen molar-refractivity contribution in [1.82, 2.24) is 0 Å². The Labute approximate surface area is 229 Å². The molecule has 0 bridgehead atoms. The third-order valence-corrected chi connectivity index (χ3v) is 12.2. The minimum Gasteiger partial charge on any atom is -0.547 e. The molecule has 37 heavy (non-hydrogen) atoms. The summed E-state index contributed by atoms with van der Waals surface area (Å²) >= 11 is 0. The molecule has 4 aliphatic rings. The number of hydrogen-bond acceptors (Lipinski definition) is 4. The molecule has 6 heteroatoms. The Hall–Kier alpha value is -1.02. The van der Waals surface area contributed by atoms with E-state index in [1.807, 2.05) is 0 Å². The zero-order valence-corrected chi connectivity index (χ0v) is 27.5. The van der Waals surface area contributed by atoms with Crippen LogP contribution in [0.4, 0.5) is 0 Å². The highest BCUT2D eigenvalue weighted by molar-refractivity contribution is 6.70. The monoisotopic (exact) mass is 546 g/mol. The van der Waals surface area contributed by atoms with E-state index >= 15 is 0 Å². The van der Waals surface area contributed by atoms with Crippen molar-refractivity contribution < 1.29 is 18.4 Å². The second-order valence-electron chi connectivity index (χ2n) is 15.2. The largest absolute Gasteiger partial charge is 0.547 e. The van der Waals surface area contributed by atoms with Crippen LogP contribution in [0, 0.1) is 40.4 Å². The number of carbonyl (C=O) groups is 1. The van der Waals surface area contributed by atoms with Gasteiger partial charge in [0.2, 0.25) is 16.6 Å². The number of ether oxygens (including phenoxy) is 1. The minimum atomic E-state index is -1.75. The van der Waals surface area contributed by atoms with Gasteiger partial charge < -0.3 is 13.6 Å². The van der Waals surface area contributed by atoms with Crippen LogP contribution in [0.1, 0.15) is 78.6 Å².